The zero-order valence-corrected chi connectivity index (χ0v) is 69.6. The molecule has 0 saturated carbocycles. The van der Waals surface area contributed by atoms with Gasteiger partial charge in [0.15, 0.2) is 0 Å². The zero-order valence-electron chi connectivity index (χ0n) is 69.6. The third-order valence-corrected chi connectivity index (χ3v) is 26.8. The number of aryl methyl sites for hydroxylation is 3. The lowest BCUT2D eigenvalue weighted by molar-refractivity contribution is 0.668. The van der Waals surface area contributed by atoms with Gasteiger partial charge in [0.05, 0.1) is 0 Å². The van der Waals surface area contributed by atoms with E-state index in [1.54, 1.807) is 0 Å². The molecule has 0 unspecified atom stereocenters. The van der Waals surface area contributed by atoms with Crippen LogP contribution in [0.25, 0.3) is 263 Å². The number of para-hydroxylation sites is 3. The van der Waals surface area contributed by atoms with Crippen LogP contribution >= 0.6 is 0 Å². The lowest BCUT2D eigenvalue weighted by atomic mass is 9.85. The molecule has 588 valence electrons. The van der Waals surface area contributed by atoms with Crippen molar-refractivity contribution < 1.29 is 13.3 Å². The van der Waals surface area contributed by atoms with E-state index >= 15 is 0 Å². The maximum absolute atomic E-state index is 6.26. The summed E-state index contributed by atoms with van der Waals surface area (Å²) in [6.45, 7) is 6.42. The van der Waals surface area contributed by atoms with Crippen LogP contribution in [-0.4, -0.2) is 0 Å². The predicted molar refractivity (Wildman–Crippen MR) is 535 cm³/mol. The molecule has 27 aromatic rings. The quantitative estimate of drug-likeness (QED) is 0.135. The van der Waals surface area contributed by atoms with Crippen LogP contribution in [0, 0.1) is 20.8 Å². The molecule has 0 atom stereocenters. The van der Waals surface area contributed by atoms with Gasteiger partial charge in [0.25, 0.3) is 0 Å². The summed E-state index contributed by atoms with van der Waals surface area (Å²) in [4.78, 5) is 0. The highest BCUT2D eigenvalue weighted by atomic mass is 16.3. The first kappa shape index (κ1) is 72.6. The number of fused-ring (bicyclic) bond motifs is 9. The van der Waals surface area contributed by atoms with Crippen molar-refractivity contribution in [2.45, 2.75) is 20.8 Å². The van der Waals surface area contributed by atoms with Crippen molar-refractivity contribution >= 4 is 163 Å². The zero-order chi connectivity index (χ0) is 83.4. The number of hydrogen-bond acceptors (Lipinski definition) is 3. The van der Waals surface area contributed by atoms with Crippen LogP contribution in [-0.2, 0) is 0 Å². The molecule has 0 bridgehead atoms. The first-order valence-corrected chi connectivity index (χ1v) is 43.5. The van der Waals surface area contributed by atoms with Gasteiger partial charge in [-0.1, -0.05) is 375 Å². The van der Waals surface area contributed by atoms with Crippen molar-refractivity contribution in [1.82, 2.24) is 0 Å². The molecule has 0 aliphatic heterocycles. The van der Waals surface area contributed by atoms with Gasteiger partial charge in [0, 0.05) is 32.3 Å². The molecule has 3 nitrogen and oxygen atoms in total. The van der Waals surface area contributed by atoms with Crippen LogP contribution < -0.4 is 0 Å². The van der Waals surface area contributed by atoms with Crippen LogP contribution in [0.1, 0.15) is 16.7 Å². The van der Waals surface area contributed by atoms with E-state index in [0.29, 0.717) is 0 Å². The van der Waals surface area contributed by atoms with E-state index in [-0.39, 0.29) is 0 Å². The Morgan fingerprint density at radius 1 is 0.127 bits per heavy atom. The molecule has 126 heavy (non-hydrogen) atoms. The molecule has 3 heterocycles. The average molecular weight is 1600 g/mol. The maximum Gasteiger partial charge on any atom is 0.136 e. The molecule has 0 fully saturated rings. The van der Waals surface area contributed by atoms with Gasteiger partial charge >= 0.3 is 0 Å². The Morgan fingerprint density at radius 3 is 0.730 bits per heavy atom. The van der Waals surface area contributed by atoms with E-state index < -0.39 is 0 Å². The summed E-state index contributed by atoms with van der Waals surface area (Å²) >= 11 is 0. The van der Waals surface area contributed by atoms with Gasteiger partial charge < -0.3 is 13.3 Å². The Labute approximate surface area is 727 Å². The highest BCUT2D eigenvalue weighted by Crippen LogP contribution is 2.49. The molecular formula is C123H78O3. The van der Waals surface area contributed by atoms with Crippen LogP contribution in [0.3, 0.4) is 0 Å². The summed E-state index contributed by atoms with van der Waals surface area (Å²) in [5.74, 6) is 0. The van der Waals surface area contributed by atoms with Crippen LogP contribution in [0.5, 0.6) is 0 Å². The Kier molecular flexibility index (Phi) is 16.7. The van der Waals surface area contributed by atoms with Gasteiger partial charge in [0.2, 0.25) is 0 Å². The predicted octanol–water partition coefficient (Wildman–Crippen LogP) is 35.4. The standard InChI is InChI=1S/3C41H26O/c1-25-9-11-26(12-10-25)32-18-13-27-16-22-37-33(19-14-28-15-21-36(32)40(27)41(28)37)31-6-4-5-29(23-31)30-17-20-35-34-7-2-3-8-38(34)42-39(35)24-30;1-25-10-12-26(13-11-25)31-19-14-27-17-23-37-33(20-15-28-16-22-36(31)40(27)41(28)37)32-7-3-2-6-30(32)29-18-21-35-34-8-4-5-9-38(34)42-39(35)24-29;1-25-6-8-27(9-7-25)32-19-14-29-17-23-37-33(20-15-30-16-22-36(32)40(29)41(30)37)28-12-10-26(11-13-28)31-18-21-35-34-4-2-3-5-38(34)42-39(35)24-31/h3*2-24H,1H3. The SMILES string of the molecule is Cc1ccc(-c2ccc3ccc4c(-c5ccc(-c6ccc7c(c6)oc6ccccc67)cc5)ccc5ccc2c3c54)cc1.Cc1ccc(-c2ccc3ccc4c(-c5cccc(-c6ccc7c(c6)oc6ccccc67)c5)ccc5ccc2c3c54)cc1.Cc1ccc(-c2ccc3ccc4c(-c5ccccc5-c5ccc6c(c5)oc5ccccc56)ccc5ccc2c3c54)cc1. The third kappa shape index (κ3) is 11.9. The lowest BCUT2D eigenvalue weighted by Gasteiger charge is -2.18. The molecule has 0 aliphatic rings. The fourth-order valence-electron chi connectivity index (χ4n) is 20.5. The summed E-state index contributed by atoms with van der Waals surface area (Å²) < 4.78 is 18.6. The Hall–Kier alpha value is -16.2. The topological polar surface area (TPSA) is 39.4 Å². The number of hydrogen-bond donors (Lipinski definition) is 0. The van der Waals surface area contributed by atoms with Gasteiger partial charge in [-0.15, -0.1) is 0 Å². The third-order valence-electron chi connectivity index (χ3n) is 26.8. The van der Waals surface area contributed by atoms with E-state index in [9.17, 15) is 0 Å². The first-order valence-electron chi connectivity index (χ1n) is 43.5. The first-order chi connectivity index (χ1) is 62.1. The fraction of sp³-hybridized carbons (Fsp3) is 0.0244. The Morgan fingerprint density at radius 2 is 0.357 bits per heavy atom. The van der Waals surface area contributed by atoms with Gasteiger partial charge in [-0.3, -0.25) is 0 Å². The van der Waals surface area contributed by atoms with Crippen molar-refractivity contribution in [3.05, 3.63) is 435 Å². The van der Waals surface area contributed by atoms with Crippen LogP contribution in [0.15, 0.2) is 432 Å². The fourth-order valence-corrected chi connectivity index (χ4v) is 20.5. The second-order valence-electron chi connectivity index (χ2n) is 34.2. The average Bonchev–Trinajstić information content (AvgIpc) is 1.10. The summed E-state index contributed by atoms with van der Waals surface area (Å²) in [6, 6.07) is 153. The van der Waals surface area contributed by atoms with E-state index in [4.69, 9.17) is 13.3 Å². The van der Waals surface area contributed by atoms with E-state index in [0.717, 1.165) is 82.5 Å². The Balaban J connectivity index is 0.000000103. The van der Waals surface area contributed by atoms with Gasteiger partial charge in [-0.25, -0.2) is 0 Å². The maximum atomic E-state index is 6.26. The van der Waals surface area contributed by atoms with Crippen molar-refractivity contribution in [3.8, 4) is 100 Å². The van der Waals surface area contributed by atoms with Crippen molar-refractivity contribution in [1.29, 1.82) is 0 Å². The monoisotopic (exact) mass is 1600 g/mol. The summed E-state index contributed by atoms with van der Waals surface area (Å²) in [5, 5.41) is 30.4. The molecule has 24 aromatic carbocycles. The smallest absolute Gasteiger partial charge is 0.136 e. The van der Waals surface area contributed by atoms with Gasteiger partial charge in [-0.2, -0.15) is 0 Å². The van der Waals surface area contributed by atoms with Crippen molar-refractivity contribution in [2.24, 2.45) is 0 Å². The second-order valence-corrected chi connectivity index (χ2v) is 34.2. The largest absolute Gasteiger partial charge is 0.456 e. The summed E-state index contributed by atoms with van der Waals surface area (Å²) in [6.07, 6.45) is 0. The van der Waals surface area contributed by atoms with Crippen molar-refractivity contribution in [2.75, 3.05) is 0 Å². The van der Waals surface area contributed by atoms with Crippen LogP contribution in [0.2, 0.25) is 0 Å². The minimum atomic E-state index is 0.919. The molecule has 0 N–H and O–H groups in total. The Bertz CT molecular complexity index is 9030. The number of rotatable bonds is 9. The molecule has 3 heteroatoms. The molecule has 0 spiro atoms. The summed E-state index contributed by atoms with van der Waals surface area (Å²) in [7, 11) is 0. The van der Waals surface area contributed by atoms with E-state index in [2.05, 4.69) is 403 Å². The second kappa shape index (κ2) is 29.0. The van der Waals surface area contributed by atoms with Gasteiger partial charge in [-0.05, 0) is 279 Å². The number of benzene rings is 24. The molecular weight excluding hydrogens is 1530 g/mol. The molecule has 27 rings (SSSR count). The summed E-state index contributed by atoms with van der Waals surface area (Å²) in [5.41, 5.74) is 31.5. The molecule has 0 radical (unpaired) electrons. The van der Waals surface area contributed by atoms with E-state index in [1.165, 1.54) is 197 Å². The highest BCUT2D eigenvalue weighted by molar-refractivity contribution is 6.31. The molecule has 0 aliphatic carbocycles. The van der Waals surface area contributed by atoms with Crippen molar-refractivity contribution in [3.63, 3.8) is 0 Å². The normalized spacial score (nSPS) is 11.9. The minimum absolute atomic E-state index is 0.919. The highest BCUT2D eigenvalue weighted by Gasteiger charge is 2.23. The molecule has 0 amide bonds. The van der Waals surface area contributed by atoms with E-state index in [1.807, 2.05) is 36.4 Å². The minimum Gasteiger partial charge on any atom is -0.456 e. The lowest BCUT2D eigenvalue weighted by Crippen LogP contribution is -1.91. The molecule has 0 saturated heterocycles. The number of furan rings is 3. The molecule has 3 aromatic heterocycles. The van der Waals surface area contributed by atoms with Gasteiger partial charge in [0.1, 0.15) is 33.5 Å². The van der Waals surface area contributed by atoms with Crippen LogP contribution in [0.4, 0.5) is 0 Å².